The minimum absolute atomic E-state index is 0.0182. The molecule has 0 spiro atoms. The van der Waals surface area contributed by atoms with E-state index in [1.165, 1.54) is 28.3 Å². The Morgan fingerprint density at radius 2 is 1.74 bits per heavy atom. The van der Waals surface area contributed by atoms with E-state index in [9.17, 15) is 9.18 Å². The van der Waals surface area contributed by atoms with Crippen molar-refractivity contribution in [1.82, 2.24) is 4.90 Å². The maximum absolute atomic E-state index is 13.6. The lowest BCUT2D eigenvalue weighted by molar-refractivity contribution is -0.0331. The molecule has 3 aromatic carbocycles. The molecule has 2 atom stereocenters. The standard InChI is InChI=1S/C28H23ClFNO3/c29-26-13-17(9-10-27(26)30)18-11-19-14-33-15-20(12-18)31(19)28(32)34-16-25-23-7-3-1-5-21(23)22-6-2-4-8-24(22)25/h1-11,13,19-20,25H,12,14-16H2. The summed E-state index contributed by atoms with van der Waals surface area (Å²) in [4.78, 5) is 15.1. The van der Waals surface area contributed by atoms with Crippen LogP contribution in [0.3, 0.4) is 0 Å². The van der Waals surface area contributed by atoms with E-state index in [2.05, 4.69) is 24.3 Å². The minimum Gasteiger partial charge on any atom is -0.448 e. The third-order valence-corrected chi connectivity index (χ3v) is 7.33. The highest BCUT2D eigenvalue weighted by atomic mass is 35.5. The maximum Gasteiger partial charge on any atom is 0.410 e. The molecule has 0 N–H and O–H groups in total. The monoisotopic (exact) mass is 475 g/mol. The SMILES string of the molecule is O=C(OCC1c2ccccc2-c2ccccc21)N1C2C=C(c3ccc(F)c(Cl)c3)CC1COC2. The van der Waals surface area contributed by atoms with Crippen molar-refractivity contribution in [3.63, 3.8) is 0 Å². The topological polar surface area (TPSA) is 38.8 Å². The normalized spacial score (nSPS) is 21.0. The second-order valence-electron chi connectivity index (χ2n) is 8.99. The maximum atomic E-state index is 13.6. The second-order valence-corrected chi connectivity index (χ2v) is 9.40. The number of fused-ring (bicyclic) bond motifs is 5. The fourth-order valence-electron chi connectivity index (χ4n) is 5.46. The first-order valence-electron chi connectivity index (χ1n) is 11.5. The van der Waals surface area contributed by atoms with Crippen LogP contribution in [0.2, 0.25) is 5.02 Å². The number of benzene rings is 3. The predicted octanol–water partition coefficient (Wildman–Crippen LogP) is 6.28. The molecule has 172 valence electrons. The molecule has 0 saturated carbocycles. The average Bonchev–Trinajstić information content (AvgIpc) is 3.17. The number of halogens is 2. The van der Waals surface area contributed by atoms with Gasteiger partial charge in [-0.05, 0) is 51.9 Å². The number of nitrogens with zero attached hydrogens (tertiary/aromatic N) is 1. The summed E-state index contributed by atoms with van der Waals surface area (Å²) in [6, 6.07) is 21.0. The largest absolute Gasteiger partial charge is 0.448 e. The molecule has 0 aromatic heterocycles. The van der Waals surface area contributed by atoms with Gasteiger partial charge in [0.15, 0.2) is 0 Å². The van der Waals surface area contributed by atoms with Crippen LogP contribution >= 0.6 is 11.6 Å². The van der Waals surface area contributed by atoms with Gasteiger partial charge in [-0.1, -0.05) is 72.3 Å². The summed E-state index contributed by atoms with van der Waals surface area (Å²) in [5, 5.41) is 0.0961. The fourth-order valence-corrected chi connectivity index (χ4v) is 5.64. The molecule has 4 nitrogen and oxygen atoms in total. The molecule has 0 radical (unpaired) electrons. The van der Waals surface area contributed by atoms with Gasteiger partial charge in [-0.2, -0.15) is 0 Å². The number of hydrogen-bond donors (Lipinski definition) is 0. The highest BCUT2D eigenvalue weighted by Gasteiger charge is 2.40. The van der Waals surface area contributed by atoms with Crippen molar-refractivity contribution in [3.05, 3.63) is 100 Å². The van der Waals surface area contributed by atoms with Gasteiger partial charge in [-0.3, -0.25) is 4.90 Å². The smallest absolute Gasteiger partial charge is 0.410 e. The van der Waals surface area contributed by atoms with E-state index in [-0.39, 0.29) is 35.7 Å². The number of morpholine rings is 1. The van der Waals surface area contributed by atoms with Crippen LogP contribution in [-0.4, -0.2) is 42.9 Å². The Morgan fingerprint density at radius 1 is 1.03 bits per heavy atom. The van der Waals surface area contributed by atoms with Gasteiger partial charge < -0.3 is 9.47 Å². The van der Waals surface area contributed by atoms with E-state index < -0.39 is 5.82 Å². The second kappa shape index (κ2) is 8.57. The molecule has 2 aliphatic heterocycles. The van der Waals surface area contributed by atoms with E-state index in [0.29, 0.717) is 19.6 Å². The summed E-state index contributed by atoms with van der Waals surface area (Å²) in [6.07, 6.45) is 2.29. The minimum atomic E-state index is -0.439. The summed E-state index contributed by atoms with van der Waals surface area (Å²) in [5.41, 5.74) is 6.70. The van der Waals surface area contributed by atoms with Gasteiger partial charge in [0.1, 0.15) is 12.4 Å². The number of ether oxygens (including phenoxy) is 2. The van der Waals surface area contributed by atoms with Crippen LogP contribution in [0.5, 0.6) is 0 Å². The van der Waals surface area contributed by atoms with Crippen LogP contribution in [-0.2, 0) is 9.47 Å². The fraction of sp³-hybridized carbons (Fsp3) is 0.250. The zero-order valence-electron chi connectivity index (χ0n) is 18.4. The van der Waals surface area contributed by atoms with Gasteiger partial charge >= 0.3 is 6.09 Å². The molecule has 34 heavy (non-hydrogen) atoms. The number of amides is 1. The van der Waals surface area contributed by atoms with Crippen molar-refractivity contribution < 1.29 is 18.7 Å². The van der Waals surface area contributed by atoms with Gasteiger partial charge in [-0.15, -0.1) is 0 Å². The predicted molar refractivity (Wildman–Crippen MR) is 129 cm³/mol. The van der Waals surface area contributed by atoms with Crippen LogP contribution in [0.25, 0.3) is 16.7 Å². The Kier molecular flexibility index (Phi) is 5.39. The molecular formula is C28H23ClFNO3. The molecule has 1 amide bonds. The number of carbonyl (C=O) groups excluding carboxylic acids is 1. The molecule has 2 bridgehead atoms. The van der Waals surface area contributed by atoms with E-state index in [4.69, 9.17) is 21.1 Å². The van der Waals surface area contributed by atoms with Crippen molar-refractivity contribution in [3.8, 4) is 11.1 Å². The van der Waals surface area contributed by atoms with Crippen LogP contribution < -0.4 is 0 Å². The molecule has 6 rings (SSSR count). The van der Waals surface area contributed by atoms with Crippen molar-refractivity contribution in [2.45, 2.75) is 24.4 Å². The third-order valence-electron chi connectivity index (χ3n) is 7.04. The summed E-state index contributed by atoms with van der Waals surface area (Å²) >= 11 is 6.00. The zero-order chi connectivity index (χ0) is 23.2. The molecule has 3 aromatic rings. The van der Waals surface area contributed by atoms with Crippen molar-refractivity contribution in [2.24, 2.45) is 0 Å². The summed E-state index contributed by atoms with van der Waals surface area (Å²) in [5.74, 6) is -0.421. The van der Waals surface area contributed by atoms with Crippen LogP contribution in [0.4, 0.5) is 9.18 Å². The summed E-state index contributed by atoms with van der Waals surface area (Å²) in [6.45, 7) is 1.12. The first-order valence-corrected chi connectivity index (χ1v) is 11.8. The molecule has 2 heterocycles. The number of carbonyl (C=O) groups is 1. The number of hydrogen-bond acceptors (Lipinski definition) is 3. The quantitative estimate of drug-likeness (QED) is 0.447. The first-order chi connectivity index (χ1) is 16.6. The Hall–Kier alpha value is -3.15. The van der Waals surface area contributed by atoms with E-state index in [1.54, 1.807) is 17.0 Å². The third kappa shape index (κ3) is 3.60. The van der Waals surface area contributed by atoms with Gasteiger partial charge in [0.2, 0.25) is 0 Å². The Bertz CT molecular complexity index is 1260. The lowest BCUT2D eigenvalue weighted by Crippen LogP contribution is -2.56. The lowest BCUT2D eigenvalue weighted by atomic mass is 9.90. The van der Waals surface area contributed by atoms with Gasteiger partial charge in [0.25, 0.3) is 0 Å². The number of rotatable bonds is 3. The van der Waals surface area contributed by atoms with Gasteiger partial charge in [0, 0.05) is 5.92 Å². The molecule has 2 unspecified atom stereocenters. The van der Waals surface area contributed by atoms with Crippen molar-refractivity contribution in [2.75, 3.05) is 19.8 Å². The van der Waals surface area contributed by atoms with E-state index >= 15 is 0 Å². The molecule has 3 aliphatic rings. The lowest BCUT2D eigenvalue weighted by Gasteiger charge is -2.44. The Labute approximate surface area is 202 Å². The molecule has 6 heteroatoms. The van der Waals surface area contributed by atoms with Crippen molar-refractivity contribution >= 4 is 23.3 Å². The molecule has 1 saturated heterocycles. The average molecular weight is 476 g/mol. The summed E-state index contributed by atoms with van der Waals surface area (Å²) in [7, 11) is 0. The highest BCUT2D eigenvalue weighted by molar-refractivity contribution is 6.30. The first kappa shape index (κ1) is 21.4. The molecule has 1 aliphatic carbocycles. The van der Waals surface area contributed by atoms with Crippen molar-refractivity contribution in [1.29, 1.82) is 0 Å². The van der Waals surface area contributed by atoms with E-state index in [1.807, 2.05) is 30.3 Å². The van der Waals surface area contributed by atoms with Crippen LogP contribution in [0.1, 0.15) is 29.0 Å². The van der Waals surface area contributed by atoms with Crippen LogP contribution in [0.15, 0.2) is 72.8 Å². The Morgan fingerprint density at radius 3 is 2.41 bits per heavy atom. The van der Waals surface area contributed by atoms with Gasteiger partial charge in [-0.25, -0.2) is 9.18 Å². The van der Waals surface area contributed by atoms with E-state index in [0.717, 1.165) is 11.1 Å². The zero-order valence-corrected chi connectivity index (χ0v) is 19.2. The van der Waals surface area contributed by atoms with Gasteiger partial charge in [0.05, 0.1) is 30.3 Å². The summed E-state index contributed by atoms with van der Waals surface area (Å²) < 4.78 is 25.3. The highest BCUT2D eigenvalue weighted by Crippen LogP contribution is 2.44. The molecule has 1 fully saturated rings. The van der Waals surface area contributed by atoms with Crippen LogP contribution in [0, 0.1) is 5.82 Å². The molecular weight excluding hydrogens is 453 g/mol. The Balaban J connectivity index is 1.22.